The molecule has 1 rings (SSSR count). The molecule has 0 atom stereocenters. The molecule has 0 radical (unpaired) electrons. The third-order valence-corrected chi connectivity index (χ3v) is 3.51. The van der Waals surface area contributed by atoms with Gasteiger partial charge in [-0.2, -0.15) is 0 Å². The lowest BCUT2D eigenvalue weighted by atomic mass is 10.0. The van der Waals surface area contributed by atoms with Gasteiger partial charge in [-0.05, 0) is 24.5 Å². The standard InChI is InChI=1S/C17H25NO3/c1-3-5-11-18(12-6-4-2)16(19)13-14-9-7-8-10-15(14)17(20)21/h7-10H,3-6,11-13H2,1-2H3,(H,20,21). The lowest BCUT2D eigenvalue weighted by Gasteiger charge is -2.22. The molecule has 1 amide bonds. The van der Waals surface area contributed by atoms with Gasteiger partial charge in [0.05, 0.1) is 12.0 Å². The van der Waals surface area contributed by atoms with Crippen molar-refractivity contribution >= 4 is 11.9 Å². The molecule has 0 heterocycles. The van der Waals surface area contributed by atoms with Crippen LogP contribution in [0.5, 0.6) is 0 Å². The molecule has 21 heavy (non-hydrogen) atoms. The van der Waals surface area contributed by atoms with Crippen molar-refractivity contribution < 1.29 is 14.7 Å². The molecule has 0 aliphatic carbocycles. The van der Waals surface area contributed by atoms with E-state index in [-0.39, 0.29) is 17.9 Å². The van der Waals surface area contributed by atoms with Crippen LogP contribution in [-0.4, -0.2) is 35.0 Å². The Bertz CT molecular complexity index is 463. The van der Waals surface area contributed by atoms with Gasteiger partial charge in [-0.3, -0.25) is 4.79 Å². The third kappa shape index (κ3) is 5.58. The highest BCUT2D eigenvalue weighted by atomic mass is 16.4. The SMILES string of the molecule is CCCCN(CCCC)C(=O)Cc1ccccc1C(=O)O. The van der Waals surface area contributed by atoms with Crippen molar-refractivity contribution in [1.82, 2.24) is 4.90 Å². The second kappa shape index (κ2) is 9.16. The van der Waals surface area contributed by atoms with Crippen LogP contribution < -0.4 is 0 Å². The van der Waals surface area contributed by atoms with E-state index in [0.717, 1.165) is 38.8 Å². The number of carboxylic acid groups (broad SMARTS) is 1. The molecule has 0 unspecified atom stereocenters. The second-order valence-electron chi connectivity index (χ2n) is 5.23. The summed E-state index contributed by atoms with van der Waals surface area (Å²) in [5.74, 6) is -0.960. The highest BCUT2D eigenvalue weighted by Crippen LogP contribution is 2.12. The fourth-order valence-electron chi connectivity index (χ4n) is 2.22. The number of rotatable bonds is 9. The first-order chi connectivity index (χ1) is 10.1. The maximum atomic E-state index is 12.4. The van der Waals surface area contributed by atoms with Gasteiger partial charge in [0.1, 0.15) is 0 Å². The Morgan fingerprint density at radius 3 is 2.14 bits per heavy atom. The maximum absolute atomic E-state index is 12.4. The van der Waals surface area contributed by atoms with Crippen LogP contribution in [0.1, 0.15) is 55.5 Å². The van der Waals surface area contributed by atoms with Crippen LogP contribution in [0.3, 0.4) is 0 Å². The summed E-state index contributed by atoms with van der Waals surface area (Å²) in [5, 5.41) is 9.18. The minimum atomic E-state index is -0.980. The van der Waals surface area contributed by atoms with Crippen LogP contribution in [0.25, 0.3) is 0 Å². The number of amides is 1. The van der Waals surface area contributed by atoms with E-state index in [1.165, 1.54) is 0 Å². The molecule has 4 heteroatoms. The average Bonchev–Trinajstić information content (AvgIpc) is 2.47. The zero-order valence-corrected chi connectivity index (χ0v) is 13.0. The molecule has 1 N–H and O–H groups in total. The molecular weight excluding hydrogens is 266 g/mol. The smallest absolute Gasteiger partial charge is 0.335 e. The fraction of sp³-hybridized carbons (Fsp3) is 0.529. The van der Waals surface area contributed by atoms with Gasteiger partial charge in [0.2, 0.25) is 5.91 Å². The molecule has 1 aromatic carbocycles. The first-order valence-electron chi connectivity index (χ1n) is 7.69. The number of benzene rings is 1. The summed E-state index contributed by atoms with van der Waals surface area (Å²) < 4.78 is 0. The monoisotopic (exact) mass is 291 g/mol. The lowest BCUT2D eigenvalue weighted by Crippen LogP contribution is -2.34. The summed E-state index contributed by atoms with van der Waals surface area (Å²) in [6, 6.07) is 6.73. The summed E-state index contributed by atoms with van der Waals surface area (Å²) in [5.41, 5.74) is 0.810. The largest absolute Gasteiger partial charge is 0.478 e. The van der Waals surface area contributed by atoms with Gasteiger partial charge in [0.15, 0.2) is 0 Å². The molecule has 0 saturated carbocycles. The summed E-state index contributed by atoms with van der Waals surface area (Å²) in [6.07, 6.45) is 4.21. The van der Waals surface area contributed by atoms with Crippen LogP contribution in [0, 0.1) is 0 Å². The molecule has 116 valence electrons. The van der Waals surface area contributed by atoms with Gasteiger partial charge >= 0.3 is 5.97 Å². The lowest BCUT2D eigenvalue weighted by molar-refractivity contribution is -0.130. The normalized spacial score (nSPS) is 10.4. The van der Waals surface area contributed by atoms with E-state index in [1.54, 1.807) is 24.3 Å². The number of hydrogen-bond donors (Lipinski definition) is 1. The van der Waals surface area contributed by atoms with Gasteiger partial charge in [0, 0.05) is 13.1 Å². The summed E-state index contributed by atoms with van der Waals surface area (Å²) in [6.45, 7) is 5.71. The van der Waals surface area contributed by atoms with E-state index in [2.05, 4.69) is 13.8 Å². The number of carbonyl (C=O) groups is 2. The van der Waals surface area contributed by atoms with Crippen molar-refractivity contribution in [2.75, 3.05) is 13.1 Å². The maximum Gasteiger partial charge on any atom is 0.335 e. The molecular formula is C17H25NO3. The van der Waals surface area contributed by atoms with Crippen molar-refractivity contribution in [3.63, 3.8) is 0 Å². The van der Waals surface area contributed by atoms with Crippen molar-refractivity contribution in [1.29, 1.82) is 0 Å². The van der Waals surface area contributed by atoms with E-state index in [4.69, 9.17) is 0 Å². The minimum Gasteiger partial charge on any atom is -0.478 e. The van der Waals surface area contributed by atoms with Gasteiger partial charge < -0.3 is 10.0 Å². The minimum absolute atomic E-state index is 0.0191. The Hall–Kier alpha value is -1.84. The topological polar surface area (TPSA) is 57.6 Å². The number of aromatic carboxylic acids is 1. The van der Waals surface area contributed by atoms with Crippen LogP contribution in [-0.2, 0) is 11.2 Å². The van der Waals surface area contributed by atoms with E-state index in [9.17, 15) is 14.7 Å². The summed E-state index contributed by atoms with van der Waals surface area (Å²) in [7, 11) is 0. The van der Waals surface area contributed by atoms with Crippen molar-refractivity contribution in [2.45, 2.75) is 46.0 Å². The number of unbranched alkanes of at least 4 members (excludes halogenated alkanes) is 2. The predicted octanol–water partition coefficient (Wildman–Crippen LogP) is 3.36. The second-order valence-corrected chi connectivity index (χ2v) is 5.23. The molecule has 0 aliphatic heterocycles. The van der Waals surface area contributed by atoms with Crippen LogP contribution in [0.4, 0.5) is 0 Å². The molecule has 0 bridgehead atoms. The van der Waals surface area contributed by atoms with Crippen LogP contribution in [0.15, 0.2) is 24.3 Å². The van der Waals surface area contributed by atoms with Gasteiger partial charge in [-0.25, -0.2) is 4.79 Å². The Morgan fingerprint density at radius 1 is 1.05 bits per heavy atom. The summed E-state index contributed by atoms with van der Waals surface area (Å²) in [4.78, 5) is 25.5. The fourth-order valence-corrected chi connectivity index (χ4v) is 2.22. The Kier molecular flexibility index (Phi) is 7.51. The third-order valence-electron chi connectivity index (χ3n) is 3.51. The molecule has 0 spiro atoms. The van der Waals surface area contributed by atoms with E-state index >= 15 is 0 Å². The molecule has 1 aromatic rings. The average molecular weight is 291 g/mol. The van der Waals surface area contributed by atoms with Crippen molar-refractivity contribution in [2.24, 2.45) is 0 Å². The molecule has 0 aromatic heterocycles. The van der Waals surface area contributed by atoms with Crippen molar-refractivity contribution in [3.8, 4) is 0 Å². The Morgan fingerprint density at radius 2 is 1.62 bits per heavy atom. The first kappa shape index (κ1) is 17.2. The number of carboxylic acids is 1. The zero-order chi connectivity index (χ0) is 15.7. The van der Waals surface area contributed by atoms with Crippen LogP contribution in [0.2, 0.25) is 0 Å². The van der Waals surface area contributed by atoms with E-state index in [0.29, 0.717) is 5.56 Å². The number of hydrogen-bond acceptors (Lipinski definition) is 2. The van der Waals surface area contributed by atoms with E-state index in [1.807, 2.05) is 4.90 Å². The van der Waals surface area contributed by atoms with Gasteiger partial charge in [-0.1, -0.05) is 44.9 Å². The highest BCUT2D eigenvalue weighted by molar-refractivity contribution is 5.91. The van der Waals surface area contributed by atoms with Gasteiger partial charge in [0.25, 0.3) is 0 Å². The molecule has 0 saturated heterocycles. The molecule has 0 fully saturated rings. The number of nitrogens with zero attached hydrogens (tertiary/aromatic N) is 1. The Labute approximate surface area is 126 Å². The molecule has 4 nitrogen and oxygen atoms in total. The molecule has 0 aliphatic rings. The predicted molar refractivity (Wildman–Crippen MR) is 83.5 cm³/mol. The van der Waals surface area contributed by atoms with Crippen LogP contribution >= 0.6 is 0 Å². The van der Waals surface area contributed by atoms with E-state index < -0.39 is 5.97 Å². The quantitative estimate of drug-likeness (QED) is 0.759. The highest BCUT2D eigenvalue weighted by Gasteiger charge is 2.17. The first-order valence-corrected chi connectivity index (χ1v) is 7.69. The van der Waals surface area contributed by atoms with Crippen molar-refractivity contribution in [3.05, 3.63) is 35.4 Å². The summed E-state index contributed by atoms with van der Waals surface area (Å²) >= 11 is 0. The zero-order valence-electron chi connectivity index (χ0n) is 13.0. The number of carbonyl (C=O) groups excluding carboxylic acids is 1. The Balaban J connectivity index is 2.78. The van der Waals surface area contributed by atoms with Gasteiger partial charge in [-0.15, -0.1) is 0 Å².